The third-order valence-electron chi connectivity index (χ3n) is 3.46. The predicted molar refractivity (Wildman–Crippen MR) is 68.9 cm³/mol. The highest BCUT2D eigenvalue weighted by Gasteiger charge is 2.28. The van der Waals surface area contributed by atoms with Gasteiger partial charge in [0.25, 0.3) is 0 Å². The van der Waals surface area contributed by atoms with Crippen LogP contribution in [0.2, 0.25) is 0 Å². The fourth-order valence-corrected chi connectivity index (χ4v) is 2.51. The average molecular weight is 267 g/mol. The van der Waals surface area contributed by atoms with E-state index in [0.717, 1.165) is 5.56 Å². The molecule has 0 saturated heterocycles. The molecular weight excluding hydrogens is 249 g/mol. The molecular formula is C14H18FNO3. The number of carboxylic acids is 1. The number of nitrogens with zero attached hydrogens (tertiary/aromatic N) is 1. The molecule has 1 aromatic rings. The van der Waals surface area contributed by atoms with Gasteiger partial charge >= 0.3 is 5.97 Å². The highest BCUT2D eigenvalue weighted by molar-refractivity contribution is 5.73. The van der Waals surface area contributed by atoms with Crippen molar-refractivity contribution < 1.29 is 19.0 Å². The normalized spacial score (nSPS) is 19.1. The Morgan fingerprint density at radius 1 is 1.63 bits per heavy atom. The van der Waals surface area contributed by atoms with E-state index in [-0.39, 0.29) is 11.9 Å². The lowest BCUT2D eigenvalue weighted by Gasteiger charge is -2.25. The molecule has 2 unspecified atom stereocenters. The maximum absolute atomic E-state index is 13.1. The Kier molecular flexibility index (Phi) is 4.04. The molecule has 0 spiro atoms. The number of fused-ring (bicyclic) bond motifs is 1. The van der Waals surface area contributed by atoms with Crippen LogP contribution in [0, 0.1) is 5.82 Å². The van der Waals surface area contributed by atoms with E-state index in [1.165, 1.54) is 12.1 Å². The molecule has 2 atom stereocenters. The van der Waals surface area contributed by atoms with Crippen LogP contribution >= 0.6 is 0 Å². The summed E-state index contributed by atoms with van der Waals surface area (Å²) in [7, 11) is 1.77. The van der Waals surface area contributed by atoms with Crippen LogP contribution in [0.3, 0.4) is 0 Å². The number of likely N-dealkylation sites (N-methyl/N-ethyl adjacent to an activating group) is 1. The number of ether oxygens (including phenoxy) is 1. The van der Waals surface area contributed by atoms with Gasteiger partial charge in [0.1, 0.15) is 23.7 Å². The second-order valence-electron chi connectivity index (χ2n) is 4.90. The smallest absolute Gasteiger partial charge is 0.320 e. The number of carbonyl (C=O) groups is 1. The van der Waals surface area contributed by atoms with Gasteiger partial charge in [0.15, 0.2) is 0 Å². The molecule has 0 bridgehead atoms. The van der Waals surface area contributed by atoms with E-state index in [2.05, 4.69) is 0 Å². The van der Waals surface area contributed by atoms with Crippen LogP contribution < -0.4 is 4.74 Å². The molecule has 1 aliphatic rings. The van der Waals surface area contributed by atoms with Gasteiger partial charge in [-0.1, -0.05) is 6.92 Å². The minimum Gasteiger partial charge on any atom is -0.488 e. The monoisotopic (exact) mass is 267 g/mol. The molecule has 1 N–H and O–H groups in total. The first-order valence-corrected chi connectivity index (χ1v) is 6.39. The van der Waals surface area contributed by atoms with Crippen molar-refractivity contribution in [1.82, 2.24) is 4.90 Å². The SMILES string of the molecule is CCC(C(=O)O)N(C)CC1Cc2cc(F)ccc2O1. The molecule has 0 fully saturated rings. The number of halogens is 1. The minimum absolute atomic E-state index is 0.116. The quantitative estimate of drug-likeness (QED) is 0.885. The van der Waals surface area contributed by atoms with Crippen LogP contribution in [0.4, 0.5) is 4.39 Å². The third kappa shape index (κ3) is 3.04. The van der Waals surface area contributed by atoms with Gasteiger partial charge in [-0.05, 0) is 31.7 Å². The van der Waals surface area contributed by atoms with Crippen molar-refractivity contribution in [2.24, 2.45) is 0 Å². The lowest BCUT2D eigenvalue weighted by molar-refractivity contribution is -0.143. The van der Waals surface area contributed by atoms with E-state index in [1.54, 1.807) is 18.0 Å². The maximum atomic E-state index is 13.1. The van der Waals surface area contributed by atoms with Crippen molar-refractivity contribution >= 4 is 5.97 Å². The van der Waals surface area contributed by atoms with Gasteiger partial charge in [-0.15, -0.1) is 0 Å². The van der Waals surface area contributed by atoms with Crippen LogP contribution in [0.1, 0.15) is 18.9 Å². The van der Waals surface area contributed by atoms with Gasteiger partial charge in [-0.3, -0.25) is 9.69 Å². The van der Waals surface area contributed by atoms with Crippen LogP contribution in [0.25, 0.3) is 0 Å². The lowest BCUT2D eigenvalue weighted by atomic mass is 10.1. The Labute approximate surface area is 111 Å². The molecule has 104 valence electrons. The van der Waals surface area contributed by atoms with Crippen molar-refractivity contribution in [3.05, 3.63) is 29.6 Å². The van der Waals surface area contributed by atoms with Gasteiger partial charge in [0.05, 0.1) is 0 Å². The van der Waals surface area contributed by atoms with Gasteiger partial charge in [0.2, 0.25) is 0 Å². The van der Waals surface area contributed by atoms with Crippen LogP contribution in [0.5, 0.6) is 5.75 Å². The van der Waals surface area contributed by atoms with Gasteiger partial charge in [-0.25, -0.2) is 4.39 Å². The fraction of sp³-hybridized carbons (Fsp3) is 0.500. The van der Waals surface area contributed by atoms with Crippen LogP contribution in [0.15, 0.2) is 18.2 Å². The van der Waals surface area contributed by atoms with E-state index in [0.29, 0.717) is 25.1 Å². The minimum atomic E-state index is -0.827. The summed E-state index contributed by atoms with van der Waals surface area (Å²) in [5.41, 5.74) is 0.849. The van der Waals surface area contributed by atoms with E-state index < -0.39 is 12.0 Å². The molecule has 2 rings (SSSR count). The van der Waals surface area contributed by atoms with Crippen molar-refractivity contribution in [3.8, 4) is 5.75 Å². The summed E-state index contributed by atoms with van der Waals surface area (Å²) in [5, 5.41) is 9.10. The molecule has 1 heterocycles. The molecule has 0 amide bonds. The third-order valence-corrected chi connectivity index (χ3v) is 3.46. The summed E-state index contributed by atoms with van der Waals surface area (Å²) in [5.74, 6) is -0.400. The number of rotatable bonds is 5. The molecule has 5 heteroatoms. The molecule has 1 aromatic carbocycles. The highest BCUT2D eigenvalue weighted by atomic mass is 19.1. The summed E-state index contributed by atoms with van der Waals surface area (Å²) in [6.45, 7) is 2.36. The van der Waals surface area contributed by atoms with E-state index in [1.807, 2.05) is 6.92 Å². The van der Waals surface area contributed by atoms with Crippen LogP contribution in [-0.2, 0) is 11.2 Å². The first kappa shape index (κ1) is 13.8. The largest absolute Gasteiger partial charge is 0.488 e. The van der Waals surface area contributed by atoms with E-state index in [4.69, 9.17) is 9.84 Å². The van der Waals surface area contributed by atoms with Crippen molar-refractivity contribution in [2.45, 2.75) is 31.9 Å². The van der Waals surface area contributed by atoms with E-state index >= 15 is 0 Å². The number of carboxylic acid groups (broad SMARTS) is 1. The van der Waals surface area contributed by atoms with Crippen molar-refractivity contribution in [1.29, 1.82) is 0 Å². The first-order valence-electron chi connectivity index (χ1n) is 6.39. The maximum Gasteiger partial charge on any atom is 0.320 e. The topological polar surface area (TPSA) is 49.8 Å². The molecule has 19 heavy (non-hydrogen) atoms. The highest BCUT2D eigenvalue weighted by Crippen LogP contribution is 2.29. The van der Waals surface area contributed by atoms with E-state index in [9.17, 15) is 9.18 Å². The zero-order valence-electron chi connectivity index (χ0n) is 11.1. The summed E-state index contributed by atoms with van der Waals surface area (Å²) >= 11 is 0. The van der Waals surface area contributed by atoms with Crippen molar-refractivity contribution in [2.75, 3.05) is 13.6 Å². The molecule has 0 aliphatic carbocycles. The van der Waals surface area contributed by atoms with Crippen molar-refractivity contribution in [3.63, 3.8) is 0 Å². The fourth-order valence-electron chi connectivity index (χ4n) is 2.51. The summed E-state index contributed by atoms with van der Waals surface area (Å²) in [6.07, 6.45) is 1.04. The second kappa shape index (κ2) is 5.57. The van der Waals surface area contributed by atoms with Gasteiger partial charge < -0.3 is 9.84 Å². The first-order chi connectivity index (χ1) is 9.01. The summed E-state index contributed by atoms with van der Waals surface area (Å²) in [4.78, 5) is 12.8. The molecule has 0 saturated carbocycles. The van der Waals surface area contributed by atoms with Gasteiger partial charge in [-0.2, -0.15) is 0 Å². The predicted octanol–water partition coefficient (Wildman–Crippen LogP) is 1.92. The average Bonchev–Trinajstić information content (AvgIpc) is 2.70. The second-order valence-corrected chi connectivity index (χ2v) is 4.90. The molecule has 0 radical (unpaired) electrons. The van der Waals surface area contributed by atoms with Crippen LogP contribution in [-0.4, -0.2) is 41.7 Å². The number of benzene rings is 1. The Hall–Kier alpha value is -1.62. The Bertz CT molecular complexity index is 478. The Morgan fingerprint density at radius 3 is 3.00 bits per heavy atom. The Balaban J connectivity index is 1.98. The number of hydrogen-bond donors (Lipinski definition) is 1. The number of aliphatic carboxylic acids is 1. The van der Waals surface area contributed by atoms with Gasteiger partial charge in [0, 0.05) is 18.5 Å². The lowest BCUT2D eigenvalue weighted by Crippen LogP contribution is -2.43. The molecule has 0 aromatic heterocycles. The molecule has 4 nitrogen and oxygen atoms in total. The summed E-state index contributed by atoms with van der Waals surface area (Å²) in [6, 6.07) is 3.96. The Morgan fingerprint density at radius 2 is 2.37 bits per heavy atom. The number of hydrogen-bond acceptors (Lipinski definition) is 3. The standard InChI is InChI=1S/C14H18FNO3/c1-3-12(14(17)18)16(2)8-11-7-9-6-10(15)4-5-13(9)19-11/h4-6,11-12H,3,7-8H2,1-2H3,(H,17,18). The molecule has 1 aliphatic heterocycles. The zero-order valence-corrected chi connectivity index (χ0v) is 11.1. The summed E-state index contributed by atoms with van der Waals surface area (Å²) < 4.78 is 18.8. The zero-order chi connectivity index (χ0) is 14.0.